The van der Waals surface area contributed by atoms with Gasteiger partial charge in [-0.05, 0) is 26.2 Å². The Morgan fingerprint density at radius 1 is 1.43 bits per heavy atom. The van der Waals surface area contributed by atoms with Crippen LogP contribution in [0.4, 0.5) is 0 Å². The van der Waals surface area contributed by atoms with Gasteiger partial charge in [0.05, 0.1) is 0 Å². The van der Waals surface area contributed by atoms with Crippen LogP contribution < -0.4 is 5.32 Å². The molecule has 0 aromatic heterocycles. The summed E-state index contributed by atoms with van der Waals surface area (Å²) in [6, 6.07) is 1.43. The Labute approximate surface area is 89.1 Å². The van der Waals surface area contributed by atoms with Crippen LogP contribution >= 0.6 is 0 Å². The van der Waals surface area contributed by atoms with Crippen LogP contribution in [0, 0.1) is 5.92 Å². The van der Waals surface area contributed by atoms with Crippen LogP contribution in [0.15, 0.2) is 0 Å². The topological polar surface area (TPSA) is 15.3 Å². The first-order valence-electron chi connectivity index (χ1n) is 6.11. The van der Waals surface area contributed by atoms with Crippen LogP contribution in [0.25, 0.3) is 0 Å². The first-order valence-corrected chi connectivity index (χ1v) is 6.11. The Balaban J connectivity index is 2.31. The molecule has 1 fully saturated rings. The van der Waals surface area contributed by atoms with Gasteiger partial charge in [-0.3, -0.25) is 4.90 Å². The van der Waals surface area contributed by atoms with E-state index in [4.69, 9.17) is 0 Å². The molecule has 2 nitrogen and oxygen atoms in total. The minimum Gasteiger partial charge on any atom is -0.312 e. The van der Waals surface area contributed by atoms with Crippen molar-refractivity contribution in [2.75, 3.05) is 19.6 Å². The molecule has 0 saturated carbocycles. The third kappa shape index (κ3) is 3.58. The Bertz CT molecular complexity index is 158. The lowest BCUT2D eigenvalue weighted by Crippen LogP contribution is -2.52. The molecular weight excluding hydrogens is 172 g/mol. The van der Waals surface area contributed by atoms with Gasteiger partial charge in [0, 0.05) is 31.7 Å². The van der Waals surface area contributed by atoms with Crippen LogP contribution in [-0.2, 0) is 0 Å². The zero-order valence-corrected chi connectivity index (χ0v) is 10.2. The fourth-order valence-electron chi connectivity index (χ4n) is 2.26. The zero-order chi connectivity index (χ0) is 10.6. The molecule has 1 aliphatic heterocycles. The van der Waals surface area contributed by atoms with E-state index in [2.05, 4.69) is 37.9 Å². The summed E-state index contributed by atoms with van der Waals surface area (Å²) in [6.45, 7) is 12.9. The molecule has 3 unspecified atom stereocenters. The zero-order valence-electron chi connectivity index (χ0n) is 10.2. The molecule has 1 rings (SSSR count). The minimum atomic E-state index is 0.670. The number of nitrogens with zero attached hydrogens (tertiary/aromatic N) is 1. The Hall–Kier alpha value is -0.0800. The first kappa shape index (κ1) is 12.0. The van der Waals surface area contributed by atoms with Gasteiger partial charge in [-0.1, -0.05) is 20.3 Å². The maximum atomic E-state index is 3.49. The molecule has 0 bridgehead atoms. The predicted octanol–water partition coefficient (Wildman–Crippen LogP) is 2.10. The number of rotatable bonds is 4. The second kappa shape index (κ2) is 5.72. The van der Waals surface area contributed by atoms with Gasteiger partial charge in [0.15, 0.2) is 0 Å². The molecule has 0 aromatic rings. The number of piperazine rings is 1. The first-order chi connectivity index (χ1) is 6.63. The highest BCUT2D eigenvalue weighted by atomic mass is 15.2. The average molecular weight is 198 g/mol. The largest absolute Gasteiger partial charge is 0.312 e. The average Bonchev–Trinajstić information content (AvgIpc) is 2.17. The second-order valence-corrected chi connectivity index (χ2v) is 4.95. The highest BCUT2D eigenvalue weighted by Gasteiger charge is 2.21. The van der Waals surface area contributed by atoms with Gasteiger partial charge in [-0.15, -0.1) is 0 Å². The molecule has 0 amide bonds. The summed E-state index contributed by atoms with van der Waals surface area (Å²) in [6.07, 6.45) is 2.66. The van der Waals surface area contributed by atoms with E-state index in [0.29, 0.717) is 6.04 Å². The summed E-state index contributed by atoms with van der Waals surface area (Å²) in [5.41, 5.74) is 0. The lowest BCUT2D eigenvalue weighted by molar-refractivity contribution is 0.140. The van der Waals surface area contributed by atoms with E-state index >= 15 is 0 Å². The van der Waals surface area contributed by atoms with Crippen molar-refractivity contribution in [2.24, 2.45) is 5.92 Å². The van der Waals surface area contributed by atoms with Gasteiger partial charge in [0.25, 0.3) is 0 Å². The number of hydrogen-bond acceptors (Lipinski definition) is 2. The normalized spacial score (nSPS) is 28.7. The van der Waals surface area contributed by atoms with Crippen molar-refractivity contribution >= 4 is 0 Å². The summed E-state index contributed by atoms with van der Waals surface area (Å²) >= 11 is 0. The molecule has 1 heterocycles. The molecular formula is C12H26N2. The van der Waals surface area contributed by atoms with E-state index < -0.39 is 0 Å². The van der Waals surface area contributed by atoms with Crippen LogP contribution in [0.1, 0.15) is 40.5 Å². The van der Waals surface area contributed by atoms with Crippen molar-refractivity contribution in [3.05, 3.63) is 0 Å². The third-order valence-corrected chi connectivity index (χ3v) is 3.46. The maximum absolute atomic E-state index is 3.49. The highest BCUT2D eigenvalue weighted by Crippen LogP contribution is 2.15. The number of hydrogen-bond donors (Lipinski definition) is 1. The molecule has 0 aromatic carbocycles. The van der Waals surface area contributed by atoms with E-state index in [9.17, 15) is 0 Å². The molecule has 14 heavy (non-hydrogen) atoms. The Morgan fingerprint density at radius 3 is 2.71 bits per heavy atom. The molecule has 84 valence electrons. The summed E-state index contributed by atoms with van der Waals surface area (Å²) < 4.78 is 0. The van der Waals surface area contributed by atoms with Crippen molar-refractivity contribution in [3.8, 4) is 0 Å². The van der Waals surface area contributed by atoms with Gasteiger partial charge in [-0.25, -0.2) is 0 Å². The summed E-state index contributed by atoms with van der Waals surface area (Å²) in [7, 11) is 0. The fourth-order valence-corrected chi connectivity index (χ4v) is 2.26. The van der Waals surface area contributed by atoms with Crippen LogP contribution in [0.5, 0.6) is 0 Å². The predicted molar refractivity (Wildman–Crippen MR) is 62.6 cm³/mol. The molecule has 0 aliphatic carbocycles. The number of nitrogens with one attached hydrogen (secondary N) is 1. The molecule has 1 aliphatic rings. The van der Waals surface area contributed by atoms with Crippen molar-refractivity contribution in [3.63, 3.8) is 0 Å². The lowest BCUT2D eigenvalue weighted by Gasteiger charge is -2.37. The SMILES string of the molecule is CCC(C)CC(C)N1CCNC(C)C1. The van der Waals surface area contributed by atoms with Crippen molar-refractivity contribution < 1.29 is 0 Å². The van der Waals surface area contributed by atoms with Crippen molar-refractivity contribution in [1.82, 2.24) is 10.2 Å². The van der Waals surface area contributed by atoms with Gasteiger partial charge in [0.1, 0.15) is 0 Å². The van der Waals surface area contributed by atoms with Gasteiger partial charge < -0.3 is 5.32 Å². The summed E-state index contributed by atoms with van der Waals surface area (Å²) in [4.78, 5) is 2.63. The van der Waals surface area contributed by atoms with E-state index in [1.165, 1.54) is 25.9 Å². The maximum Gasteiger partial charge on any atom is 0.0167 e. The smallest absolute Gasteiger partial charge is 0.0167 e. The summed E-state index contributed by atoms with van der Waals surface area (Å²) in [5.74, 6) is 0.871. The van der Waals surface area contributed by atoms with Gasteiger partial charge in [0.2, 0.25) is 0 Å². The van der Waals surface area contributed by atoms with E-state index in [1.807, 2.05) is 0 Å². The van der Waals surface area contributed by atoms with Crippen molar-refractivity contribution in [1.29, 1.82) is 0 Å². The van der Waals surface area contributed by atoms with Crippen LogP contribution in [0.2, 0.25) is 0 Å². The highest BCUT2D eigenvalue weighted by molar-refractivity contribution is 4.79. The second-order valence-electron chi connectivity index (χ2n) is 4.95. The summed E-state index contributed by atoms with van der Waals surface area (Å²) in [5, 5.41) is 3.49. The van der Waals surface area contributed by atoms with Gasteiger partial charge in [-0.2, -0.15) is 0 Å². The Kier molecular flexibility index (Phi) is 4.90. The monoisotopic (exact) mass is 198 g/mol. The molecule has 1 saturated heterocycles. The van der Waals surface area contributed by atoms with Crippen LogP contribution in [-0.4, -0.2) is 36.6 Å². The van der Waals surface area contributed by atoms with E-state index in [-0.39, 0.29) is 0 Å². The molecule has 0 spiro atoms. The quantitative estimate of drug-likeness (QED) is 0.744. The van der Waals surface area contributed by atoms with Gasteiger partial charge >= 0.3 is 0 Å². The van der Waals surface area contributed by atoms with E-state index in [1.54, 1.807) is 0 Å². The van der Waals surface area contributed by atoms with Crippen molar-refractivity contribution in [2.45, 2.75) is 52.6 Å². The fraction of sp³-hybridized carbons (Fsp3) is 1.00. The molecule has 3 atom stereocenters. The Morgan fingerprint density at radius 2 is 2.14 bits per heavy atom. The lowest BCUT2D eigenvalue weighted by atomic mass is 9.98. The van der Waals surface area contributed by atoms with E-state index in [0.717, 1.165) is 18.5 Å². The molecule has 0 radical (unpaired) electrons. The third-order valence-electron chi connectivity index (χ3n) is 3.46. The molecule has 1 N–H and O–H groups in total. The minimum absolute atomic E-state index is 0.670. The molecule has 2 heteroatoms. The van der Waals surface area contributed by atoms with Crippen LogP contribution in [0.3, 0.4) is 0 Å². The standard InChI is InChI=1S/C12H26N2/c1-5-10(2)8-12(4)14-7-6-13-11(3)9-14/h10-13H,5-9H2,1-4H3.